The van der Waals surface area contributed by atoms with E-state index in [4.69, 9.17) is 14.7 Å². The van der Waals surface area contributed by atoms with Crippen LogP contribution in [-0.2, 0) is 14.3 Å². The fourth-order valence-electron chi connectivity index (χ4n) is 8.76. The molecule has 2 aromatic heterocycles. The summed E-state index contributed by atoms with van der Waals surface area (Å²) >= 11 is 0. The summed E-state index contributed by atoms with van der Waals surface area (Å²) in [6.07, 6.45) is 7.11. The van der Waals surface area contributed by atoms with E-state index in [9.17, 15) is 24.3 Å². The lowest BCUT2D eigenvalue weighted by atomic mass is 9.96. The maximum Gasteiger partial charge on any atom is 0.407 e. The fraction of sp³-hybridized carbons (Fsp3) is 0.435. The fourth-order valence-corrected chi connectivity index (χ4v) is 8.76. The number of carbonyl (C=O) groups excluding carboxylic acids is 3. The number of aromatic nitrogens is 4. The van der Waals surface area contributed by atoms with Crippen LogP contribution < -0.4 is 5.32 Å². The third kappa shape index (κ3) is 8.73. The number of carboxylic acid groups (broad SMARTS) is 1. The zero-order chi connectivity index (χ0) is 42.7. The van der Waals surface area contributed by atoms with E-state index in [-0.39, 0.29) is 35.7 Å². The van der Waals surface area contributed by atoms with Gasteiger partial charge in [0.2, 0.25) is 11.8 Å². The van der Waals surface area contributed by atoms with Crippen LogP contribution in [0.5, 0.6) is 0 Å². The summed E-state index contributed by atoms with van der Waals surface area (Å²) < 4.78 is 4.79. The second kappa shape index (κ2) is 18.0. The number of alkyl carbamates (subject to hydrolysis) is 1. The molecule has 0 radical (unpaired) electrons. The number of ether oxygens (including phenoxy) is 1. The average molecular weight is 817 g/mol. The number of piperidine rings is 2. The number of amides is 4. The number of nitrogens with zero attached hydrogens (tertiary/aromatic N) is 5. The normalized spacial score (nSPS) is 18.1. The second-order valence-corrected chi connectivity index (χ2v) is 16.7. The van der Waals surface area contributed by atoms with E-state index in [1.165, 1.54) is 14.2 Å². The molecule has 4 atom stereocenters. The number of hydrogen-bond donors (Lipinski definition) is 4. The molecule has 4 N–H and O–H groups in total. The van der Waals surface area contributed by atoms with Gasteiger partial charge in [-0.15, -0.1) is 0 Å². The van der Waals surface area contributed by atoms with E-state index in [0.717, 1.165) is 93.7 Å². The average Bonchev–Trinajstić information content (AvgIpc) is 3.96. The van der Waals surface area contributed by atoms with Crippen molar-refractivity contribution in [1.29, 1.82) is 0 Å². The third-order valence-corrected chi connectivity index (χ3v) is 12.1. The summed E-state index contributed by atoms with van der Waals surface area (Å²) in [5.74, 6) is 0.832. The summed E-state index contributed by atoms with van der Waals surface area (Å²) in [7, 11) is 2.76. The van der Waals surface area contributed by atoms with Crippen molar-refractivity contribution in [2.75, 3.05) is 27.2 Å². The molecule has 2 fully saturated rings. The highest BCUT2D eigenvalue weighted by Gasteiger charge is 2.39. The Kier molecular flexibility index (Phi) is 12.6. The molecule has 0 spiro atoms. The lowest BCUT2D eigenvalue weighted by Crippen LogP contribution is -2.53. The Bertz CT molecular complexity index is 2330. The van der Waals surface area contributed by atoms with Gasteiger partial charge in [-0.3, -0.25) is 14.5 Å². The lowest BCUT2D eigenvalue weighted by Gasteiger charge is -2.39. The van der Waals surface area contributed by atoms with Crippen molar-refractivity contribution >= 4 is 34.8 Å². The maximum atomic E-state index is 13.8. The Morgan fingerprint density at radius 2 is 1.22 bits per heavy atom. The molecule has 2 saturated heterocycles. The smallest absolute Gasteiger partial charge is 0.407 e. The van der Waals surface area contributed by atoms with Crippen molar-refractivity contribution in [2.24, 2.45) is 11.8 Å². The topological polar surface area (TPSA) is 177 Å². The highest BCUT2D eigenvalue weighted by atomic mass is 16.5. The van der Waals surface area contributed by atoms with Crippen LogP contribution in [0.4, 0.5) is 9.59 Å². The van der Waals surface area contributed by atoms with Gasteiger partial charge in [0.05, 0.1) is 43.0 Å². The summed E-state index contributed by atoms with van der Waals surface area (Å²) in [5.41, 5.74) is 5.84. The number of methoxy groups -OCH3 is 1. The maximum absolute atomic E-state index is 13.8. The molecular formula is C46H56N8O6. The van der Waals surface area contributed by atoms with Crippen LogP contribution in [0.1, 0.15) is 90.0 Å². The Labute approximate surface area is 350 Å². The Hall–Kier alpha value is -6.18. The number of benzene rings is 3. The summed E-state index contributed by atoms with van der Waals surface area (Å²) in [6.45, 7) is 8.72. The molecule has 0 aliphatic carbocycles. The van der Waals surface area contributed by atoms with Gasteiger partial charge in [-0.2, -0.15) is 0 Å². The number of nitrogens with one attached hydrogen (secondary N) is 3. The third-order valence-electron chi connectivity index (χ3n) is 12.1. The number of aromatic amines is 2. The molecule has 7 rings (SSSR count). The number of fused-ring (bicyclic) bond motifs is 1. The molecular weight excluding hydrogens is 761 g/mol. The number of H-pyrrole nitrogens is 2. The van der Waals surface area contributed by atoms with Crippen LogP contribution in [0.3, 0.4) is 0 Å². The van der Waals surface area contributed by atoms with Crippen molar-refractivity contribution in [3.63, 3.8) is 0 Å². The van der Waals surface area contributed by atoms with Gasteiger partial charge < -0.3 is 34.9 Å². The van der Waals surface area contributed by atoms with Gasteiger partial charge >= 0.3 is 12.2 Å². The number of hydrogen-bond acceptors (Lipinski definition) is 7. The largest absolute Gasteiger partial charge is 0.465 e. The number of imidazole rings is 2. The zero-order valence-electron chi connectivity index (χ0n) is 35.3. The monoisotopic (exact) mass is 816 g/mol. The summed E-state index contributed by atoms with van der Waals surface area (Å²) in [6, 6.07) is 19.1. The minimum atomic E-state index is -1.12. The molecule has 5 aromatic rings. The van der Waals surface area contributed by atoms with E-state index in [2.05, 4.69) is 75.9 Å². The predicted octanol–water partition coefficient (Wildman–Crippen LogP) is 8.41. The van der Waals surface area contributed by atoms with E-state index in [0.29, 0.717) is 18.9 Å². The minimum Gasteiger partial charge on any atom is -0.465 e. The van der Waals surface area contributed by atoms with Gasteiger partial charge in [0.1, 0.15) is 23.7 Å². The Balaban J connectivity index is 1.04. The van der Waals surface area contributed by atoms with Gasteiger partial charge in [-0.1, -0.05) is 76.2 Å². The van der Waals surface area contributed by atoms with E-state index >= 15 is 0 Å². The van der Waals surface area contributed by atoms with Crippen molar-refractivity contribution in [1.82, 2.24) is 40.0 Å². The molecule has 3 aromatic carbocycles. The minimum absolute atomic E-state index is 0.111. The molecule has 4 amide bonds. The summed E-state index contributed by atoms with van der Waals surface area (Å²) in [4.78, 5) is 72.6. The van der Waals surface area contributed by atoms with Gasteiger partial charge in [-0.25, -0.2) is 19.6 Å². The SMILES string of the molecule is COC(=O)N[C@H](C(=O)N1CCCC[C@H]1c1ncc(-c2ccc3cc(-c4ccc(-c5cnc([C@@H]6CCCCN6C(=O)[C@H](C(C)C)N(C)C(=O)O)[nH]5)cc4)ccc3c2)[nH]1)C(C)C. The van der Waals surface area contributed by atoms with Crippen LogP contribution in [0.15, 0.2) is 73.1 Å². The molecule has 316 valence electrons. The van der Waals surface area contributed by atoms with E-state index in [1.54, 1.807) is 11.1 Å². The predicted molar refractivity (Wildman–Crippen MR) is 230 cm³/mol. The number of rotatable bonds is 11. The van der Waals surface area contributed by atoms with Crippen molar-refractivity contribution in [3.05, 3.63) is 84.7 Å². The van der Waals surface area contributed by atoms with Crippen LogP contribution in [0.2, 0.25) is 0 Å². The molecule has 2 aliphatic rings. The van der Waals surface area contributed by atoms with Gasteiger partial charge in [0, 0.05) is 25.7 Å². The van der Waals surface area contributed by atoms with Gasteiger partial charge in [-0.05, 0) is 90.0 Å². The lowest BCUT2D eigenvalue weighted by molar-refractivity contribution is -0.141. The Morgan fingerprint density at radius 1 is 0.717 bits per heavy atom. The van der Waals surface area contributed by atoms with Crippen molar-refractivity contribution in [3.8, 4) is 33.6 Å². The van der Waals surface area contributed by atoms with Crippen molar-refractivity contribution < 1.29 is 29.0 Å². The molecule has 60 heavy (non-hydrogen) atoms. The van der Waals surface area contributed by atoms with Crippen LogP contribution in [-0.4, -0.2) is 103 Å². The molecule has 14 nitrogen and oxygen atoms in total. The highest BCUT2D eigenvalue weighted by Crippen LogP contribution is 2.35. The first-order valence-corrected chi connectivity index (χ1v) is 21.0. The molecule has 0 unspecified atom stereocenters. The molecule has 2 aliphatic heterocycles. The van der Waals surface area contributed by atoms with E-state index < -0.39 is 24.3 Å². The van der Waals surface area contributed by atoms with Gasteiger partial charge in [0.25, 0.3) is 0 Å². The van der Waals surface area contributed by atoms with Crippen LogP contribution in [0.25, 0.3) is 44.4 Å². The molecule has 0 bridgehead atoms. The summed E-state index contributed by atoms with van der Waals surface area (Å²) in [5, 5.41) is 14.6. The standard InChI is InChI=1S/C46H56N8O6/c1-27(2)39(51-45(57)60-6)43(55)53-21-9-7-11-37(53)41-48-26-36(50-41)34-20-19-32-23-31(17-18-33(32)24-34)29-13-15-30(16-14-29)35-25-47-42(49-35)38-12-8-10-22-54(38)44(56)40(28(3)4)52(5)46(58)59/h13-20,23-28,37-40H,7-12,21-22H2,1-6H3,(H,47,49)(H,48,50)(H,51,57)(H,58,59)/t37-,38-,39-,40-/m0/s1. The van der Waals surface area contributed by atoms with Crippen LogP contribution in [0, 0.1) is 11.8 Å². The molecule has 0 saturated carbocycles. The Morgan fingerprint density at radius 3 is 1.75 bits per heavy atom. The second-order valence-electron chi connectivity index (χ2n) is 16.7. The molecule has 4 heterocycles. The van der Waals surface area contributed by atoms with Gasteiger partial charge in [0.15, 0.2) is 0 Å². The van der Waals surface area contributed by atoms with Crippen LogP contribution >= 0.6 is 0 Å². The first-order valence-electron chi connectivity index (χ1n) is 21.0. The quantitative estimate of drug-likeness (QED) is 0.103. The molecule has 14 heteroatoms. The first-order chi connectivity index (χ1) is 28.8. The number of likely N-dealkylation sites (tertiary alicyclic amines) is 2. The highest BCUT2D eigenvalue weighted by molar-refractivity contribution is 5.91. The van der Waals surface area contributed by atoms with E-state index in [1.807, 2.05) is 38.8 Å². The van der Waals surface area contributed by atoms with Crippen molar-refractivity contribution in [2.45, 2.75) is 90.4 Å². The number of likely N-dealkylation sites (N-methyl/N-ethyl adjacent to an activating group) is 1. The number of carbonyl (C=O) groups is 4. The first kappa shape index (κ1) is 42.0. The zero-order valence-corrected chi connectivity index (χ0v) is 35.3.